The van der Waals surface area contributed by atoms with Gasteiger partial charge in [-0.2, -0.15) is 0 Å². The quantitative estimate of drug-likeness (QED) is 0.850. The van der Waals surface area contributed by atoms with Crippen molar-refractivity contribution < 1.29 is 17.7 Å². The van der Waals surface area contributed by atoms with Gasteiger partial charge in [-0.1, -0.05) is 30.6 Å². The SMILES string of the molecule is CCCCS(=O)(=O)Nc1oncc1-c1ccc(OC)cc1. The van der Waals surface area contributed by atoms with Crippen LogP contribution in [-0.2, 0) is 10.0 Å². The molecule has 0 aliphatic carbocycles. The molecule has 1 heterocycles. The third kappa shape index (κ3) is 3.98. The van der Waals surface area contributed by atoms with E-state index in [9.17, 15) is 8.42 Å². The van der Waals surface area contributed by atoms with Gasteiger partial charge in [-0.3, -0.25) is 4.72 Å². The van der Waals surface area contributed by atoms with Gasteiger partial charge in [-0.05, 0) is 24.1 Å². The Bertz CT molecular complexity index is 677. The summed E-state index contributed by atoms with van der Waals surface area (Å²) in [4.78, 5) is 0. The molecule has 114 valence electrons. The van der Waals surface area contributed by atoms with E-state index in [1.165, 1.54) is 6.20 Å². The van der Waals surface area contributed by atoms with Crippen LogP contribution in [0.3, 0.4) is 0 Å². The Morgan fingerprint density at radius 3 is 2.62 bits per heavy atom. The summed E-state index contributed by atoms with van der Waals surface area (Å²) in [6, 6.07) is 7.21. The number of ether oxygens (including phenoxy) is 1. The number of unbranched alkanes of at least 4 members (excludes halogenated alkanes) is 1. The predicted octanol–water partition coefficient (Wildman–Crippen LogP) is 2.89. The van der Waals surface area contributed by atoms with Gasteiger partial charge >= 0.3 is 0 Å². The van der Waals surface area contributed by atoms with Gasteiger partial charge in [0.05, 0.1) is 24.6 Å². The Balaban J connectivity index is 2.22. The number of sulfonamides is 1. The lowest BCUT2D eigenvalue weighted by molar-refractivity contribution is 0.415. The van der Waals surface area contributed by atoms with E-state index in [0.717, 1.165) is 17.7 Å². The van der Waals surface area contributed by atoms with E-state index in [-0.39, 0.29) is 11.6 Å². The molecule has 0 unspecified atom stereocenters. The normalized spacial score (nSPS) is 11.3. The molecule has 0 bridgehead atoms. The summed E-state index contributed by atoms with van der Waals surface area (Å²) in [6.07, 6.45) is 2.89. The first kappa shape index (κ1) is 15.4. The first-order chi connectivity index (χ1) is 10.1. The van der Waals surface area contributed by atoms with Gasteiger partial charge in [0.2, 0.25) is 15.9 Å². The van der Waals surface area contributed by atoms with Crippen LogP contribution in [0.15, 0.2) is 35.0 Å². The molecule has 7 heteroatoms. The van der Waals surface area contributed by atoms with Crippen molar-refractivity contribution in [2.24, 2.45) is 0 Å². The van der Waals surface area contributed by atoms with Gasteiger partial charge in [0.15, 0.2) is 0 Å². The highest BCUT2D eigenvalue weighted by atomic mass is 32.2. The van der Waals surface area contributed by atoms with Crippen molar-refractivity contribution in [3.63, 3.8) is 0 Å². The maximum atomic E-state index is 11.9. The second-order valence-electron chi connectivity index (χ2n) is 4.57. The summed E-state index contributed by atoms with van der Waals surface area (Å²) in [7, 11) is -1.83. The van der Waals surface area contributed by atoms with E-state index in [4.69, 9.17) is 9.26 Å². The van der Waals surface area contributed by atoms with Crippen LogP contribution in [0.25, 0.3) is 11.1 Å². The van der Waals surface area contributed by atoms with Crippen molar-refractivity contribution >= 4 is 15.9 Å². The number of benzene rings is 1. The van der Waals surface area contributed by atoms with Crippen LogP contribution in [-0.4, -0.2) is 26.4 Å². The lowest BCUT2D eigenvalue weighted by atomic mass is 10.1. The maximum Gasteiger partial charge on any atom is 0.245 e. The summed E-state index contributed by atoms with van der Waals surface area (Å²) in [5.74, 6) is 0.920. The summed E-state index contributed by atoms with van der Waals surface area (Å²) < 4.78 is 36.4. The second kappa shape index (κ2) is 6.62. The van der Waals surface area contributed by atoms with Crippen molar-refractivity contribution in [1.82, 2.24) is 5.16 Å². The van der Waals surface area contributed by atoms with Crippen LogP contribution in [0.5, 0.6) is 5.75 Å². The molecule has 0 aliphatic rings. The van der Waals surface area contributed by atoms with E-state index < -0.39 is 10.0 Å². The molecule has 21 heavy (non-hydrogen) atoms. The summed E-state index contributed by atoms with van der Waals surface area (Å²) >= 11 is 0. The Morgan fingerprint density at radius 1 is 1.29 bits per heavy atom. The van der Waals surface area contributed by atoms with E-state index in [0.29, 0.717) is 12.0 Å². The van der Waals surface area contributed by atoms with Crippen LogP contribution in [0.4, 0.5) is 5.88 Å². The van der Waals surface area contributed by atoms with Gasteiger partial charge in [-0.15, -0.1) is 0 Å². The highest BCUT2D eigenvalue weighted by Crippen LogP contribution is 2.29. The largest absolute Gasteiger partial charge is 0.497 e. The van der Waals surface area contributed by atoms with Crippen LogP contribution in [0, 0.1) is 0 Å². The van der Waals surface area contributed by atoms with Gasteiger partial charge in [0.1, 0.15) is 5.75 Å². The fourth-order valence-corrected chi connectivity index (χ4v) is 3.02. The maximum absolute atomic E-state index is 11.9. The fraction of sp³-hybridized carbons (Fsp3) is 0.357. The Morgan fingerprint density at radius 2 is 2.00 bits per heavy atom. The predicted molar refractivity (Wildman–Crippen MR) is 80.8 cm³/mol. The number of anilines is 1. The molecule has 0 saturated heterocycles. The zero-order valence-corrected chi connectivity index (χ0v) is 12.8. The average molecular weight is 310 g/mol. The molecule has 1 N–H and O–H groups in total. The molecule has 0 radical (unpaired) electrons. The number of hydrogen-bond acceptors (Lipinski definition) is 5. The van der Waals surface area contributed by atoms with Gasteiger partial charge in [0.25, 0.3) is 0 Å². The van der Waals surface area contributed by atoms with E-state index >= 15 is 0 Å². The number of nitrogens with zero attached hydrogens (tertiary/aromatic N) is 1. The van der Waals surface area contributed by atoms with E-state index in [1.54, 1.807) is 19.2 Å². The zero-order chi connectivity index (χ0) is 15.3. The lowest BCUT2D eigenvalue weighted by Crippen LogP contribution is -2.16. The Labute approximate surface area is 124 Å². The minimum absolute atomic E-state index is 0.0618. The Kier molecular flexibility index (Phi) is 4.85. The first-order valence-electron chi connectivity index (χ1n) is 6.65. The second-order valence-corrected chi connectivity index (χ2v) is 6.41. The van der Waals surface area contributed by atoms with Crippen molar-refractivity contribution in [1.29, 1.82) is 0 Å². The van der Waals surface area contributed by atoms with Crippen LogP contribution in [0.1, 0.15) is 19.8 Å². The molecule has 1 aromatic carbocycles. The number of methoxy groups -OCH3 is 1. The first-order valence-corrected chi connectivity index (χ1v) is 8.30. The number of rotatable bonds is 7. The van der Waals surface area contributed by atoms with Crippen LogP contribution >= 0.6 is 0 Å². The van der Waals surface area contributed by atoms with Crippen molar-refractivity contribution in [3.05, 3.63) is 30.5 Å². The monoisotopic (exact) mass is 310 g/mol. The zero-order valence-electron chi connectivity index (χ0n) is 12.0. The summed E-state index contributed by atoms with van der Waals surface area (Å²) in [6.45, 7) is 1.94. The number of aromatic nitrogens is 1. The van der Waals surface area contributed by atoms with Gasteiger partial charge in [0, 0.05) is 0 Å². The van der Waals surface area contributed by atoms with Crippen molar-refractivity contribution in [2.45, 2.75) is 19.8 Å². The van der Waals surface area contributed by atoms with Crippen LogP contribution < -0.4 is 9.46 Å². The minimum Gasteiger partial charge on any atom is -0.497 e. The number of hydrogen-bond donors (Lipinski definition) is 1. The van der Waals surface area contributed by atoms with Crippen molar-refractivity contribution in [2.75, 3.05) is 17.6 Å². The molecule has 0 atom stereocenters. The molecular weight excluding hydrogens is 292 g/mol. The van der Waals surface area contributed by atoms with E-state index in [1.807, 2.05) is 19.1 Å². The molecule has 0 aliphatic heterocycles. The van der Waals surface area contributed by atoms with Gasteiger partial charge in [-0.25, -0.2) is 8.42 Å². The molecule has 1 aromatic heterocycles. The molecule has 0 fully saturated rings. The van der Waals surface area contributed by atoms with Crippen molar-refractivity contribution in [3.8, 4) is 16.9 Å². The minimum atomic E-state index is -3.42. The fourth-order valence-electron chi connectivity index (χ4n) is 1.82. The molecule has 0 amide bonds. The van der Waals surface area contributed by atoms with Gasteiger partial charge < -0.3 is 9.26 Å². The molecular formula is C14H18N2O4S. The molecule has 0 saturated carbocycles. The standard InChI is InChI=1S/C14H18N2O4S/c1-3-4-9-21(17,18)16-14-13(10-15-20-14)11-5-7-12(19-2)8-6-11/h5-8,10,16H,3-4,9H2,1-2H3. The van der Waals surface area contributed by atoms with Crippen LogP contribution in [0.2, 0.25) is 0 Å². The number of nitrogens with one attached hydrogen (secondary N) is 1. The van der Waals surface area contributed by atoms with E-state index in [2.05, 4.69) is 9.88 Å². The average Bonchev–Trinajstić information content (AvgIpc) is 2.92. The molecule has 2 rings (SSSR count). The topological polar surface area (TPSA) is 81.4 Å². The molecule has 6 nitrogen and oxygen atoms in total. The highest BCUT2D eigenvalue weighted by Gasteiger charge is 2.17. The third-order valence-electron chi connectivity index (χ3n) is 2.99. The Hall–Kier alpha value is -2.02. The molecule has 2 aromatic rings. The summed E-state index contributed by atoms with van der Waals surface area (Å²) in [5, 5.41) is 3.67. The lowest BCUT2D eigenvalue weighted by Gasteiger charge is -2.06. The smallest absolute Gasteiger partial charge is 0.245 e. The summed E-state index contributed by atoms with van der Waals surface area (Å²) in [5.41, 5.74) is 1.39. The highest BCUT2D eigenvalue weighted by molar-refractivity contribution is 7.92. The third-order valence-corrected chi connectivity index (χ3v) is 4.31. The molecule has 0 spiro atoms.